The van der Waals surface area contributed by atoms with Crippen LogP contribution in [0.15, 0.2) is 22.8 Å². The van der Waals surface area contributed by atoms with Crippen LogP contribution < -0.4 is 0 Å². The van der Waals surface area contributed by atoms with E-state index in [4.69, 9.17) is 23.7 Å². The van der Waals surface area contributed by atoms with E-state index in [1.165, 1.54) is 0 Å². The zero-order chi connectivity index (χ0) is 21.3. The summed E-state index contributed by atoms with van der Waals surface area (Å²) in [5.74, 6) is -0.466. The highest BCUT2D eigenvalue weighted by molar-refractivity contribution is 5.45. The average molecular weight is 433 g/mol. The summed E-state index contributed by atoms with van der Waals surface area (Å²) in [6.45, 7) is 5.00. The van der Waals surface area contributed by atoms with E-state index in [1.807, 2.05) is 0 Å². The van der Waals surface area contributed by atoms with E-state index < -0.39 is 11.4 Å². The zero-order valence-corrected chi connectivity index (χ0v) is 18.9. The molecule has 6 rings (SSSR count). The minimum Gasteiger partial charge on any atom is -0.384 e. The van der Waals surface area contributed by atoms with Gasteiger partial charge in [-0.05, 0) is 61.5 Å². The smallest absolute Gasteiger partial charge is 0.222 e. The number of aliphatic hydroxyl groups is 1. The molecule has 1 spiro atoms. The number of hydrogen-bond acceptors (Lipinski definition) is 6. The largest absolute Gasteiger partial charge is 0.384 e. The lowest BCUT2D eigenvalue weighted by Gasteiger charge is -2.54. The van der Waals surface area contributed by atoms with Crippen molar-refractivity contribution in [2.24, 2.45) is 17.3 Å². The van der Waals surface area contributed by atoms with Gasteiger partial charge in [-0.25, -0.2) is 0 Å². The normalized spacial score (nSPS) is 43.0. The molecule has 2 saturated heterocycles. The molecule has 2 heterocycles. The molecule has 6 aliphatic rings. The van der Waals surface area contributed by atoms with E-state index in [-0.39, 0.29) is 17.8 Å². The first kappa shape index (κ1) is 20.8. The second-order valence-electron chi connectivity index (χ2n) is 10.7. The second-order valence-corrected chi connectivity index (χ2v) is 10.7. The Balaban J connectivity index is 1.33. The van der Waals surface area contributed by atoms with E-state index in [9.17, 15) is 5.11 Å². The molecule has 0 unspecified atom stereocenters. The molecule has 0 aromatic heterocycles. The van der Waals surface area contributed by atoms with Crippen molar-refractivity contribution in [3.63, 3.8) is 0 Å². The van der Waals surface area contributed by atoms with Gasteiger partial charge in [-0.2, -0.15) is 0 Å². The summed E-state index contributed by atoms with van der Waals surface area (Å²) >= 11 is 0. The quantitative estimate of drug-likeness (QED) is 0.737. The van der Waals surface area contributed by atoms with Crippen LogP contribution in [0.1, 0.15) is 58.3 Å². The summed E-state index contributed by atoms with van der Waals surface area (Å²) in [4.78, 5) is 0. The summed E-state index contributed by atoms with van der Waals surface area (Å²) < 4.78 is 29.7. The van der Waals surface area contributed by atoms with E-state index in [2.05, 4.69) is 13.0 Å². The van der Waals surface area contributed by atoms with Crippen molar-refractivity contribution in [3.05, 3.63) is 22.8 Å². The number of ether oxygens (including phenoxy) is 5. The fourth-order valence-corrected chi connectivity index (χ4v) is 8.02. The molecule has 0 aromatic carbocycles. The third kappa shape index (κ3) is 2.72. The van der Waals surface area contributed by atoms with Gasteiger partial charge in [-0.15, -0.1) is 0 Å². The van der Waals surface area contributed by atoms with Gasteiger partial charge in [-0.1, -0.05) is 18.6 Å². The van der Waals surface area contributed by atoms with Crippen LogP contribution in [0.4, 0.5) is 0 Å². The first-order valence-electron chi connectivity index (χ1n) is 12.1. The molecule has 172 valence electrons. The Morgan fingerprint density at radius 3 is 2.52 bits per heavy atom. The van der Waals surface area contributed by atoms with Gasteiger partial charge >= 0.3 is 0 Å². The lowest BCUT2D eigenvalue weighted by atomic mass is 9.55. The van der Waals surface area contributed by atoms with Crippen molar-refractivity contribution in [2.45, 2.75) is 75.5 Å². The standard InChI is InChI=1S/C25H36O6/c1-22-8-5-19-18-6-9-23(28-11-12-29-23)15-17(18)3-4-20(19)21(22)7-10-24(22,26)25(16-27-2)30-13-14-31-25/h5,20-21,26H,3-4,6-16H2,1-2H3/t20-,21+,22+,24-/m1/s1. The van der Waals surface area contributed by atoms with Gasteiger partial charge in [-0.3, -0.25) is 0 Å². The lowest BCUT2D eigenvalue weighted by Crippen LogP contribution is -2.65. The van der Waals surface area contributed by atoms with Crippen LogP contribution in [0.2, 0.25) is 0 Å². The van der Waals surface area contributed by atoms with Crippen LogP contribution in [-0.2, 0) is 23.7 Å². The number of methoxy groups -OCH3 is 1. The highest BCUT2D eigenvalue weighted by Crippen LogP contribution is 2.66. The molecule has 31 heavy (non-hydrogen) atoms. The zero-order valence-electron chi connectivity index (χ0n) is 18.9. The molecule has 2 aliphatic heterocycles. The highest BCUT2D eigenvalue weighted by Gasteiger charge is 2.70. The first-order valence-corrected chi connectivity index (χ1v) is 12.1. The van der Waals surface area contributed by atoms with E-state index in [0.717, 1.165) is 58.2 Å². The van der Waals surface area contributed by atoms with Gasteiger partial charge < -0.3 is 28.8 Å². The summed E-state index contributed by atoms with van der Waals surface area (Å²) in [7, 11) is 1.66. The van der Waals surface area contributed by atoms with Crippen molar-refractivity contribution in [2.75, 3.05) is 40.1 Å². The van der Waals surface area contributed by atoms with Crippen LogP contribution in [0.5, 0.6) is 0 Å². The van der Waals surface area contributed by atoms with E-state index >= 15 is 0 Å². The number of fused-ring (bicyclic) bond motifs is 4. The summed E-state index contributed by atoms with van der Waals surface area (Å²) in [6, 6.07) is 0. The Morgan fingerprint density at radius 1 is 1.03 bits per heavy atom. The SMILES string of the molecule is COCC1([C@@]2(O)CC[C@H]3[C@@H]4CCC5=C(CCC6(C5)OCCO6)C4=CC[C@@]32C)OCCO1. The molecule has 6 heteroatoms. The monoisotopic (exact) mass is 432 g/mol. The topological polar surface area (TPSA) is 66.4 Å². The minimum atomic E-state index is -1.05. The average Bonchev–Trinajstić information content (AvgIpc) is 3.49. The Labute approximate surface area is 184 Å². The maximum atomic E-state index is 12.2. The summed E-state index contributed by atoms with van der Waals surface area (Å²) in [6.07, 6.45) is 10.2. The van der Waals surface area contributed by atoms with Gasteiger partial charge in [0.05, 0.1) is 26.4 Å². The van der Waals surface area contributed by atoms with Gasteiger partial charge in [0, 0.05) is 25.4 Å². The van der Waals surface area contributed by atoms with Crippen molar-refractivity contribution >= 4 is 0 Å². The van der Waals surface area contributed by atoms with Crippen LogP contribution in [0, 0.1) is 17.3 Å². The maximum absolute atomic E-state index is 12.2. The predicted octanol–water partition coefficient (Wildman–Crippen LogP) is 3.49. The van der Waals surface area contributed by atoms with Crippen molar-refractivity contribution in [3.8, 4) is 0 Å². The van der Waals surface area contributed by atoms with Crippen LogP contribution in [0.3, 0.4) is 0 Å². The second kappa shape index (κ2) is 7.12. The third-order valence-corrected chi connectivity index (χ3v) is 9.51. The lowest BCUT2D eigenvalue weighted by molar-refractivity contribution is -0.317. The molecule has 6 nitrogen and oxygen atoms in total. The Bertz CT molecular complexity index is 805. The molecule has 0 bridgehead atoms. The molecule has 4 atom stereocenters. The fourth-order valence-electron chi connectivity index (χ4n) is 8.02. The van der Waals surface area contributed by atoms with Crippen molar-refractivity contribution in [1.29, 1.82) is 0 Å². The highest BCUT2D eigenvalue weighted by atomic mass is 16.8. The van der Waals surface area contributed by atoms with E-state index in [0.29, 0.717) is 31.5 Å². The van der Waals surface area contributed by atoms with Crippen molar-refractivity contribution < 1.29 is 28.8 Å². The van der Waals surface area contributed by atoms with Crippen LogP contribution >= 0.6 is 0 Å². The molecule has 0 aromatic rings. The number of hydrogen-bond donors (Lipinski definition) is 1. The molecule has 1 saturated carbocycles. The maximum Gasteiger partial charge on any atom is 0.222 e. The van der Waals surface area contributed by atoms with Gasteiger partial charge in [0.1, 0.15) is 12.2 Å². The minimum absolute atomic E-state index is 0.268. The summed E-state index contributed by atoms with van der Waals surface area (Å²) in [5, 5.41) is 12.2. The molecular weight excluding hydrogens is 396 g/mol. The first-order chi connectivity index (χ1) is 15.0. The van der Waals surface area contributed by atoms with E-state index in [1.54, 1.807) is 23.8 Å². The van der Waals surface area contributed by atoms with Gasteiger partial charge in [0.15, 0.2) is 5.79 Å². The molecule has 1 N–H and O–H groups in total. The predicted molar refractivity (Wildman–Crippen MR) is 113 cm³/mol. The fraction of sp³-hybridized carbons (Fsp3) is 0.840. The van der Waals surface area contributed by atoms with Gasteiger partial charge in [0.25, 0.3) is 0 Å². The third-order valence-electron chi connectivity index (χ3n) is 9.51. The molecular formula is C25H36O6. The Morgan fingerprint density at radius 2 is 1.77 bits per heavy atom. The molecule has 0 radical (unpaired) electrons. The van der Waals surface area contributed by atoms with Crippen LogP contribution in [0.25, 0.3) is 0 Å². The van der Waals surface area contributed by atoms with Crippen LogP contribution in [-0.4, -0.2) is 62.4 Å². The number of allylic oxidation sites excluding steroid dienone is 3. The van der Waals surface area contributed by atoms with Gasteiger partial charge in [0.2, 0.25) is 5.79 Å². The number of rotatable bonds is 3. The van der Waals surface area contributed by atoms with Crippen molar-refractivity contribution in [1.82, 2.24) is 0 Å². The Kier molecular flexibility index (Phi) is 4.78. The molecule has 0 amide bonds. The molecule has 4 aliphatic carbocycles. The Hall–Kier alpha value is -0.760. The molecule has 3 fully saturated rings. The summed E-state index contributed by atoms with van der Waals surface area (Å²) in [5.41, 5.74) is 3.34.